The number of carbonyl (C=O) groups excluding carboxylic acids is 1. The fourth-order valence-electron chi connectivity index (χ4n) is 2.20. The minimum absolute atomic E-state index is 0.231. The molecule has 0 radical (unpaired) electrons. The van der Waals surface area contributed by atoms with Gasteiger partial charge in [-0.25, -0.2) is 5.43 Å². The molecule has 1 aliphatic carbocycles. The molecule has 1 aromatic carbocycles. The number of amides is 1. The Bertz CT molecular complexity index is 635. The Morgan fingerprint density at radius 1 is 1.16 bits per heavy atom. The predicted molar refractivity (Wildman–Crippen MR) is 73.0 cm³/mol. The van der Waals surface area contributed by atoms with Crippen LogP contribution in [0.4, 0.5) is 0 Å². The van der Waals surface area contributed by atoms with Crippen LogP contribution >= 0.6 is 0 Å². The lowest BCUT2D eigenvalue weighted by molar-refractivity contribution is 0.0954. The highest BCUT2D eigenvalue weighted by Gasteiger charge is 2.17. The molecule has 3 rings (SSSR count). The van der Waals surface area contributed by atoms with Crippen LogP contribution in [0.1, 0.15) is 27.9 Å². The normalized spacial score (nSPS) is 15.3. The topological polar surface area (TPSA) is 54.4 Å². The Hall–Kier alpha value is -2.49. The van der Waals surface area contributed by atoms with Crippen LogP contribution < -0.4 is 5.43 Å². The Kier molecular flexibility index (Phi) is 3.06. The number of rotatable bonds is 2. The summed E-state index contributed by atoms with van der Waals surface area (Å²) in [6.45, 7) is 0. The zero-order valence-corrected chi connectivity index (χ0v) is 10.3. The molecule has 1 heterocycles. The van der Waals surface area contributed by atoms with E-state index in [4.69, 9.17) is 0 Å². The van der Waals surface area contributed by atoms with E-state index < -0.39 is 0 Å². The van der Waals surface area contributed by atoms with Crippen LogP contribution in [0, 0.1) is 0 Å². The zero-order valence-electron chi connectivity index (χ0n) is 10.3. The third-order valence-corrected chi connectivity index (χ3v) is 3.18. The summed E-state index contributed by atoms with van der Waals surface area (Å²) in [4.78, 5) is 15.8. The maximum Gasteiger partial charge on any atom is 0.272 e. The highest BCUT2D eigenvalue weighted by molar-refractivity contribution is 6.05. The van der Waals surface area contributed by atoms with Gasteiger partial charge < -0.3 is 0 Å². The van der Waals surface area contributed by atoms with Gasteiger partial charge in [-0.15, -0.1) is 0 Å². The summed E-state index contributed by atoms with van der Waals surface area (Å²) in [5.74, 6) is -0.231. The van der Waals surface area contributed by atoms with Crippen LogP contribution in [-0.4, -0.2) is 16.6 Å². The first-order valence-corrected chi connectivity index (χ1v) is 6.20. The molecule has 0 spiro atoms. The lowest BCUT2D eigenvalue weighted by Crippen LogP contribution is -2.19. The summed E-state index contributed by atoms with van der Waals surface area (Å²) < 4.78 is 0. The lowest BCUT2D eigenvalue weighted by Gasteiger charge is -2.02. The van der Waals surface area contributed by atoms with Gasteiger partial charge in [0.05, 0.1) is 11.3 Å². The highest BCUT2D eigenvalue weighted by atomic mass is 16.2. The van der Waals surface area contributed by atoms with Crippen LogP contribution in [-0.2, 0) is 6.42 Å². The molecular weight excluding hydrogens is 238 g/mol. The molecule has 4 heteroatoms. The van der Waals surface area contributed by atoms with E-state index in [1.54, 1.807) is 18.3 Å². The molecule has 4 nitrogen and oxygen atoms in total. The number of nitrogens with zero attached hydrogens (tertiary/aromatic N) is 2. The van der Waals surface area contributed by atoms with Gasteiger partial charge in [0.25, 0.3) is 5.91 Å². The molecule has 0 unspecified atom stereocenters. The van der Waals surface area contributed by atoms with Crippen molar-refractivity contribution in [3.63, 3.8) is 0 Å². The summed E-state index contributed by atoms with van der Waals surface area (Å²) in [7, 11) is 0. The Balaban J connectivity index is 1.77. The molecule has 2 aromatic rings. The van der Waals surface area contributed by atoms with Crippen molar-refractivity contribution >= 4 is 11.6 Å². The zero-order chi connectivity index (χ0) is 13.1. The molecule has 0 atom stereocenters. The molecule has 19 heavy (non-hydrogen) atoms. The van der Waals surface area contributed by atoms with Gasteiger partial charge in [-0.2, -0.15) is 5.10 Å². The van der Waals surface area contributed by atoms with Crippen molar-refractivity contribution in [3.8, 4) is 0 Å². The quantitative estimate of drug-likeness (QED) is 0.831. The van der Waals surface area contributed by atoms with E-state index in [1.807, 2.05) is 18.2 Å². The molecule has 1 aromatic heterocycles. The van der Waals surface area contributed by atoms with Crippen molar-refractivity contribution in [3.05, 3.63) is 65.5 Å². The number of aromatic nitrogens is 1. The molecule has 0 fully saturated rings. The van der Waals surface area contributed by atoms with E-state index in [0.717, 1.165) is 24.1 Å². The van der Waals surface area contributed by atoms with E-state index in [-0.39, 0.29) is 5.91 Å². The maximum absolute atomic E-state index is 11.9. The molecule has 1 amide bonds. The number of carbonyl (C=O) groups is 1. The Labute approximate surface area is 111 Å². The molecule has 0 saturated carbocycles. The second-order valence-corrected chi connectivity index (χ2v) is 4.40. The monoisotopic (exact) mass is 251 g/mol. The van der Waals surface area contributed by atoms with Crippen molar-refractivity contribution < 1.29 is 4.79 Å². The van der Waals surface area contributed by atoms with E-state index in [2.05, 4.69) is 21.6 Å². The van der Waals surface area contributed by atoms with Gasteiger partial charge in [0.2, 0.25) is 0 Å². The lowest BCUT2D eigenvalue weighted by atomic mass is 10.1. The fraction of sp³-hybridized carbons (Fsp3) is 0.133. The second kappa shape index (κ2) is 5.02. The molecule has 0 saturated heterocycles. The van der Waals surface area contributed by atoms with Crippen molar-refractivity contribution in [1.82, 2.24) is 10.4 Å². The molecule has 1 aliphatic rings. The number of benzene rings is 1. The summed E-state index contributed by atoms with van der Waals surface area (Å²) >= 11 is 0. The van der Waals surface area contributed by atoms with Crippen molar-refractivity contribution in [2.24, 2.45) is 5.10 Å². The molecule has 1 N–H and O–H groups in total. The largest absolute Gasteiger partial charge is 0.272 e. The summed E-state index contributed by atoms with van der Waals surface area (Å²) in [6.07, 6.45) is 5.01. The number of nitrogens with one attached hydrogen (secondary N) is 1. The van der Waals surface area contributed by atoms with E-state index in [9.17, 15) is 4.79 Å². The van der Waals surface area contributed by atoms with Gasteiger partial charge in [0, 0.05) is 18.0 Å². The second-order valence-electron chi connectivity index (χ2n) is 4.40. The van der Waals surface area contributed by atoms with Gasteiger partial charge in [0.15, 0.2) is 0 Å². The first-order chi connectivity index (χ1) is 9.34. The SMILES string of the molecule is O=C(N/N=C1\CCc2ccccc21)c1cccnc1. The minimum Gasteiger partial charge on any atom is -0.267 e. The third-order valence-electron chi connectivity index (χ3n) is 3.18. The van der Waals surface area contributed by atoms with Crippen LogP contribution in [0.15, 0.2) is 53.9 Å². The molecular formula is C15H13N3O. The van der Waals surface area contributed by atoms with Crippen LogP contribution in [0.25, 0.3) is 0 Å². The number of pyridine rings is 1. The van der Waals surface area contributed by atoms with Gasteiger partial charge >= 0.3 is 0 Å². The van der Waals surface area contributed by atoms with Crippen molar-refractivity contribution in [1.29, 1.82) is 0 Å². The number of hydrogen-bond acceptors (Lipinski definition) is 3. The van der Waals surface area contributed by atoms with Crippen molar-refractivity contribution in [2.75, 3.05) is 0 Å². The van der Waals surface area contributed by atoms with Gasteiger partial charge in [-0.3, -0.25) is 9.78 Å². The number of aryl methyl sites for hydroxylation is 1. The average molecular weight is 251 g/mol. The van der Waals surface area contributed by atoms with Gasteiger partial charge in [-0.1, -0.05) is 24.3 Å². The smallest absolute Gasteiger partial charge is 0.267 e. The minimum atomic E-state index is -0.231. The first-order valence-electron chi connectivity index (χ1n) is 6.20. The predicted octanol–water partition coefficient (Wildman–Crippen LogP) is 2.16. The summed E-state index contributed by atoms with van der Waals surface area (Å²) in [6, 6.07) is 11.6. The van der Waals surface area contributed by atoms with E-state index in [0.29, 0.717) is 5.56 Å². The van der Waals surface area contributed by atoms with E-state index in [1.165, 1.54) is 11.8 Å². The van der Waals surface area contributed by atoms with Crippen LogP contribution in [0.5, 0.6) is 0 Å². The third kappa shape index (κ3) is 2.38. The molecule has 0 bridgehead atoms. The van der Waals surface area contributed by atoms with E-state index >= 15 is 0 Å². The first kappa shape index (κ1) is 11.6. The Morgan fingerprint density at radius 2 is 2.05 bits per heavy atom. The van der Waals surface area contributed by atoms with Crippen LogP contribution in [0.3, 0.4) is 0 Å². The maximum atomic E-state index is 11.9. The number of fused-ring (bicyclic) bond motifs is 1. The summed E-state index contributed by atoms with van der Waals surface area (Å²) in [5.41, 5.74) is 6.46. The summed E-state index contributed by atoms with van der Waals surface area (Å²) in [5, 5.41) is 4.23. The Morgan fingerprint density at radius 3 is 2.89 bits per heavy atom. The van der Waals surface area contributed by atoms with Crippen LogP contribution in [0.2, 0.25) is 0 Å². The number of hydrogen-bond donors (Lipinski definition) is 1. The van der Waals surface area contributed by atoms with Gasteiger partial charge in [0.1, 0.15) is 0 Å². The molecule has 0 aliphatic heterocycles. The standard InChI is InChI=1S/C15H13N3O/c19-15(12-5-3-9-16-10-12)18-17-14-8-7-11-4-1-2-6-13(11)14/h1-6,9-10H,7-8H2,(H,18,19)/b17-14+. The average Bonchev–Trinajstić information content (AvgIpc) is 2.89. The number of hydrazone groups is 1. The molecule has 94 valence electrons. The highest BCUT2D eigenvalue weighted by Crippen LogP contribution is 2.21. The fourth-order valence-corrected chi connectivity index (χ4v) is 2.20. The van der Waals surface area contributed by atoms with Gasteiger partial charge in [-0.05, 0) is 30.5 Å². The van der Waals surface area contributed by atoms with Crippen molar-refractivity contribution in [2.45, 2.75) is 12.8 Å².